The molecule has 1 aromatic heterocycles. The first kappa shape index (κ1) is 14.3. The van der Waals surface area contributed by atoms with Gasteiger partial charge in [-0.25, -0.2) is 0 Å². The molecule has 6 heteroatoms. The Morgan fingerprint density at radius 2 is 2.05 bits per heavy atom. The number of likely N-dealkylation sites (tertiary alicyclic amines) is 1. The summed E-state index contributed by atoms with van der Waals surface area (Å²) < 4.78 is 5.26. The van der Waals surface area contributed by atoms with E-state index in [-0.39, 0.29) is 17.7 Å². The van der Waals surface area contributed by atoms with Crippen molar-refractivity contribution < 1.29 is 9.32 Å². The van der Waals surface area contributed by atoms with Crippen molar-refractivity contribution in [2.75, 3.05) is 13.1 Å². The Hall–Kier alpha value is -2.68. The molecule has 112 valence electrons. The summed E-state index contributed by atoms with van der Waals surface area (Å²) in [6, 6.07) is 8.69. The Bertz CT molecular complexity index is 721. The van der Waals surface area contributed by atoms with E-state index < -0.39 is 0 Å². The number of nitriles is 1. The molecule has 1 amide bonds. The van der Waals surface area contributed by atoms with Gasteiger partial charge in [-0.15, -0.1) is 0 Å². The predicted molar refractivity (Wildman–Crippen MR) is 78.2 cm³/mol. The molecule has 1 aliphatic heterocycles. The number of carbonyl (C=O) groups is 1. The second kappa shape index (κ2) is 5.60. The second-order valence-corrected chi connectivity index (χ2v) is 5.74. The molecule has 2 aromatic rings. The average Bonchev–Trinajstić information content (AvgIpc) is 2.95. The lowest BCUT2D eigenvalue weighted by atomic mass is 9.98. The van der Waals surface area contributed by atoms with Crippen molar-refractivity contribution in [1.82, 2.24) is 15.0 Å². The number of hydrogen-bond acceptors (Lipinski definition) is 5. The van der Waals surface area contributed by atoms with Crippen LogP contribution in [0.25, 0.3) is 0 Å². The molecule has 0 bridgehead atoms. The summed E-state index contributed by atoms with van der Waals surface area (Å²) in [5.41, 5.74) is 1.14. The second-order valence-electron chi connectivity index (χ2n) is 5.74. The van der Waals surface area contributed by atoms with E-state index in [0.717, 1.165) is 0 Å². The summed E-state index contributed by atoms with van der Waals surface area (Å²) in [5.74, 6) is 1.61. The van der Waals surface area contributed by atoms with E-state index in [1.54, 1.807) is 29.2 Å². The first-order valence-corrected chi connectivity index (χ1v) is 7.21. The highest BCUT2D eigenvalue weighted by Crippen LogP contribution is 2.28. The fraction of sp³-hybridized carbons (Fsp3) is 0.375. The zero-order chi connectivity index (χ0) is 15.7. The summed E-state index contributed by atoms with van der Waals surface area (Å²) in [4.78, 5) is 18.4. The SMILES string of the molecule is CC(C)c1noc(C2CN(C(=O)c3ccc(C#N)cc3)C2)n1. The van der Waals surface area contributed by atoms with Crippen LogP contribution in [0.4, 0.5) is 0 Å². The van der Waals surface area contributed by atoms with Crippen molar-refractivity contribution in [2.24, 2.45) is 0 Å². The van der Waals surface area contributed by atoms with Crippen LogP contribution in [0.1, 0.15) is 53.3 Å². The molecule has 6 nitrogen and oxygen atoms in total. The van der Waals surface area contributed by atoms with Gasteiger partial charge in [-0.3, -0.25) is 4.79 Å². The lowest BCUT2D eigenvalue weighted by molar-refractivity contribution is 0.0569. The Balaban J connectivity index is 1.62. The molecule has 0 N–H and O–H groups in total. The molecule has 22 heavy (non-hydrogen) atoms. The van der Waals surface area contributed by atoms with Crippen LogP contribution in [0.2, 0.25) is 0 Å². The van der Waals surface area contributed by atoms with Crippen molar-refractivity contribution in [1.29, 1.82) is 5.26 Å². The van der Waals surface area contributed by atoms with E-state index in [1.807, 2.05) is 19.9 Å². The monoisotopic (exact) mass is 296 g/mol. The highest BCUT2D eigenvalue weighted by atomic mass is 16.5. The number of aromatic nitrogens is 2. The molecule has 0 spiro atoms. The van der Waals surface area contributed by atoms with Crippen LogP contribution in [0.3, 0.4) is 0 Å². The maximum absolute atomic E-state index is 12.3. The Labute approximate surface area is 128 Å². The molecule has 0 unspecified atom stereocenters. The minimum atomic E-state index is -0.0376. The number of rotatable bonds is 3. The molecule has 0 atom stereocenters. The maximum atomic E-state index is 12.3. The third kappa shape index (κ3) is 2.58. The smallest absolute Gasteiger partial charge is 0.253 e. The van der Waals surface area contributed by atoms with Gasteiger partial charge in [0, 0.05) is 24.6 Å². The zero-order valence-electron chi connectivity index (χ0n) is 12.5. The number of hydrogen-bond donors (Lipinski definition) is 0. The van der Waals surface area contributed by atoms with E-state index >= 15 is 0 Å². The minimum absolute atomic E-state index is 0.0376. The number of benzene rings is 1. The van der Waals surface area contributed by atoms with E-state index in [4.69, 9.17) is 9.78 Å². The third-order valence-electron chi connectivity index (χ3n) is 3.75. The largest absolute Gasteiger partial charge is 0.339 e. The Morgan fingerprint density at radius 1 is 1.36 bits per heavy atom. The van der Waals surface area contributed by atoms with Crippen molar-refractivity contribution in [3.8, 4) is 6.07 Å². The lowest BCUT2D eigenvalue weighted by Gasteiger charge is -2.37. The van der Waals surface area contributed by atoms with Crippen molar-refractivity contribution >= 4 is 5.91 Å². The lowest BCUT2D eigenvalue weighted by Crippen LogP contribution is -2.48. The quantitative estimate of drug-likeness (QED) is 0.867. The first-order valence-electron chi connectivity index (χ1n) is 7.21. The van der Waals surface area contributed by atoms with Gasteiger partial charge in [-0.05, 0) is 24.3 Å². The van der Waals surface area contributed by atoms with Gasteiger partial charge >= 0.3 is 0 Å². The maximum Gasteiger partial charge on any atom is 0.253 e. The molecule has 0 radical (unpaired) electrons. The molecular formula is C16H16N4O2. The minimum Gasteiger partial charge on any atom is -0.339 e. The van der Waals surface area contributed by atoms with Crippen LogP contribution in [0, 0.1) is 11.3 Å². The van der Waals surface area contributed by atoms with Gasteiger partial charge in [0.2, 0.25) is 5.89 Å². The Morgan fingerprint density at radius 3 is 2.59 bits per heavy atom. The van der Waals surface area contributed by atoms with E-state index in [2.05, 4.69) is 10.1 Å². The highest BCUT2D eigenvalue weighted by Gasteiger charge is 2.36. The van der Waals surface area contributed by atoms with Gasteiger partial charge < -0.3 is 9.42 Å². The topological polar surface area (TPSA) is 83.0 Å². The Kier molecular flexibility index (Phi) is 3.63. The molecule has 0 saturated carbocycles. The van der Waals surface area contributed by atoms with Crippen LogP contribution in [0.15, 0.2) is 28.8 Å². The van der Waals surface area contributed by atoms with Gasteiger partial charge in [-0.1, -0.05) is 19.0 Å². The zero-order valence-corrected chi connectivity index (χ0v) is 12.5. The van der Waals surface area contributed by atoms with Crippen molar-refractivity contribution in [2.45, 2.75) is 25.7 Å². The normalized spacial score (nSPS) is 14.7. The summed E-state index contributed by atoms with van der Waals surface area (Å²) >= 11 is 0. The number of amides is 1. The molecule has 1 fully saturated rings. The van der Waals surface area contributed by atoms with Gasteiger partial charge in [-0.2, -0.15) is 10.2 Å². The van der Waals surface area contributed by atoms with Crippen LogP contribution in [0.5, 0.6) is 0 Å². The summed E-state index contributed by atoms with van der Waals surface area (Å²) in [6.07, 6.45) is 0. The van der Waals surface area contributed by atoms with E-state index in [0.29, 0.717) is 35.9 Å². The summed E-state index contributed by atoms with van der Waals surface area (Å²) in [7, 11) is 0. The first-order chi connectivity index (χ1) is 10.6. The molecule has 1 aliphatic rings. The van der Waals surface area contributed by atoms with Crippen LogP contribution < -0.4 is 0 Å². The molecular weight excluding hydrogens is 280 g/mol. The van der Waals surface area contributed by atoms with Crippen molar-refractivity contribution in [3.63, 3.8) is 0 Å². The van der Waals surface area contributed by atoms with E-state index in [1.165, 1.54) is 0 Å². The van der Waals surface area contributed by atoms with Crippen molar-refractivity contribution in [3.05, 3.63) is 47.1 Å². The predicted octanol–water partition coefficient (Wildman–Crippen LogP) is 2.30. The molecule has 1 aromatic carbocycles. The number of nitrogens with zero attached hydrogens (tertiary/aromatic N) is 4. The number of carbonyl (C=O) groups excluding carboxylic acids is 1. The molecule has 1 saturated heterocycles. The summed E-state index contributed by atoms with van der Waals surface area (Å²) in [6.45, 7) is 5.18. The van der Waals surface area contributed by atoms with E-state index in [9.17, 15) is 4.79 Å². The van der Waals surface area contributed by atoms with Gasteiger partial charge in [0.25, 0.3) is 5.91 Å². The highest BCUT2D eigenvalue weighted by molar-refractivity contribution is 5.94. The fourth-order valence-electron chi connectivity index (χ4n) is 2.32. The van der Waals surface area contributed by atoms with Crippen LogP contribution >= 0.6 is 0 Å². The molecule has 3 rings (SSSR count). The summed E-state index contributed by atoms with van der Waals surface area (Å²) in [5, 5.41) is 12.7. The molecule has 0 aliphatic carbocycles. The van der Waals surface area contributed by atoms with Gasteiger partial charge in [0.15, 0.2) is 5.82 Å². The van der Waals surface area contributed by atoms with Gasteiger partial charge in [0.05, 0.1) is 17.6 Å². The molecule has 2 heterocycles. The van der Waals surface area contributed by atoms with Crippen LogP contribution in [-0.4, -0.2) is 34.0 Å². The standard InChI is InChI=1S/C16H16N4O2/c1-10(2)14-18-15(22-19-14)13-8-20(9-13)16(21)12-5-3-11(7-17)4-6-12/h3-6,10,13H,8-9H2,1-2H3. The fourth-order valence-corrected chi connectivity index (χ4v) is 2.32. The van der Waals surface area contributed by atoms with Crippen LogP contribution in [-0.2, 0) is 0 Å². The average molecular weight is 296 g/mol. The van der Waals surface area contributed by atoms with Gasteiger partial charge in [0.1, 0.15) is 0 Å². The third-order valence-corrected chi connectivity index (χ3v) is 3.75.